The molecule has 1 aliphatic carbocycles. The Hall–Kier alpha value is -1.30. The maximum absolute atomic E-state index is 12.1. The van der Waals surface area contributed by atoms with E-state index in [4.69, 9.17) is 9.47 Å². The number of hydrogen-bond donors (Lipinski definition) is 2. The molecule has 140 valence electrons. The first-order valence-electron chi connectivity index (χ1n) is 8.96. The third-order valence-electron chi connectivity index (χ3n) is 3.99. The number of amides is 1. The van der Waals surface area contributed by atoms with Crippen LogP contribution < -0.4 is 5.32 Å². The molecule has 24 heavy (non-hydrogen) atoms. The van der Waals surface area contributed by atoms with Gasteiger partial charge in [0, 0.05) is 0 Å². The summed E-state index contributed by atoms with van der Waals surface area (Å²) < 4.78 is 10.3. The molecular formula is C18H33NO5. The Bertz CT molecular complexity index is 410. The SMILES string of the molecule is CC(C)OC(=O)[C@H](O)[C@H](CC1CCCCC1)NC(=O)OC(C)(C)C. The predicted octanol–water partition coefficient (Wildman–Crippen LogP) is 3.16. The minimum absolute atomic E-state index is 0.316. The predicted molar refractivity (Wildman–Crippen MR) is 91.6 cm³/mol. The number of nitrogens with one attached hydrogen (secondary N) is 1. The van der Waals surface area contributed by atoms with Crippen molar-refractivity contribution >= 4 is 12.1 Å². The number of carbonyl (C=O) groups excluding carboxylic acids is 2. The standard InChI is InChI=1S/C18H33NO5/c1-12(2)23-16(21)15(20)14(11-13-9-7-6-8-10-13)19-17(22)24-18(3,4)5/h12-15,20H,6-11H2,1-5H3,(H,19,22)/t14-,15+/m0/s1. The molecule has 2 atom stereocenters. The Balaban J connectivity index is 2.73. The maximum atomic E-state index is 12.1. The van der Waals surface area contributed by atoms with Gasteiger partial charge in [0.15, 0.2) is 6.10 Å². The van der Waals surface area contributed by atoms with Gasteiger partial charge in [-0.3, -0.25) is 0 Å². The van der Waals surface area contributed by atoms with Gasteiger partial charge in [0.05, 0.1) is 12.1 Å². The molecule has 0 spiro atoms. The number of esters is 1. The van der Waals surface area contributed by atoms with Gasteiger partial charge in [0.1, 0.15) is 5.60 Å². The number of hydrogen-bond acceptors (Lipinski definition) is 5. The molecule has 1 amide bonds. The summed E-state index contributed by atoms with van der Waals surface area (Å²) in [6.07, 6.45) is 3.85. The van der Waals surface area contributed by atoms with Gasteiger partial charge in [-0.2, -0.15) is 0 Å². The van der Waals surface area contributed by atoms with Crippen molar-refractivity contribution in [1.82, 2.24) is 5.32 Å². The molecule has 1 rings (SSSR count). The first kappa shape index (κ1) is 20.7. The highest BCUT2D eigenvalue weighted by molar-refractivity contribution is 5.77. The smallest absolute Gasteiger partial charge is 0.407 e. The van der Waals surface area contributed by atoms with E-state index >= 15 is 0 Å². The zero-order chi connectivity index (χ0) is 18.3. The highest BCUT2D eigenvalue weighted by atomic mass is 16.6. The lowest BCUT2D eigenvalue weighted by atomic mass is 9.83. The first-order chi connectivity index (χ1) is 11.1. The van der Waals surface area contributed by atoms with Crippen LogP contribution in [0.2, 0.25) is 0 Å². The highest BCUT2D eigenvalue weighted by Gasteiger charge is 2.33. The normalized spacial score (nSPS) is 18.8. The highest BCUT2D eigenvalue weighted by Crippen LogP contribution is 2.28. The van der Waals surface area contributed by atoms with E-state index in [-0.39, 0.29) is 6.10 Å². The summed E-state index contributed by atoms with van der Waals surface area (Å²) in [4.78, 5) is 24.1. The molecule has 0 aromatic heterocycles. The summed E-state index contributed by atoms with van der Waals surface area (Å²) in [7, 11) is 0. The van der Waals surface area contributed by atoms with E-state index in [9.17, 15) is 14.7 Å². The fraction of sp³-hybridized carbons (Fsp3) is 0.889. The lowest BCUT2D eigenvalue weighted by Gasteiger charge is -2.30. The first-order valence-corrected chi connectivity index (χ1v) is 8.96. The molecule has 6 heteroatoms. The number of alkyl carbamates (subject to hydrolysis) is 1. The van der Waals surface area contributed by atoms with Crippen LogP contribution in [0.1, 0.15) is 73.1 Å². The number of aliphatic hydroxyl groups is 1. The largest absolute Gasteiger partial charge is 0.461 e. The van der Waals surface area contributed by atoms with Gasteiger partial charge in [-0.05, 0) is 47.0 Å². The molecule has 0 bridgehead atoms. The van der Waals surface area contributed by atoms with Crippen LogP contribution in [-0.2, 0) is 14.3 Å². The molecule has 6 nitrogen and oxygen atoms in total. The number of carbonyl (C=O) groups is 2. The Morgan fingerprint density at radius 2 is 1.75 bits per heavy atom. The van der Waals surface area contributed by atoms with E-state index in [1.54, 1.807) is 34.6 Å². The van der Waals surface area contributed by atoms with E-state index in [1.807, 2.05) is 0 Å². The molecule has 0 aliphatic heterocycles. The zero-order valence-corrected chi connectivity index (χ0v) is 15.6. The molecule has 0 heterocycles. The van der Waals surface area contributed by atoms with Crippen LogP contribution in [0.3, 0.4) is 0 Å². The summed E-state index contributed by atoms with van der Waals surface area (Å²) in [5.74, 6) is -0.318. The topological polar surface area (TPSA) is 84.9 Å². The number of aliphatic hydroxyl groups excluding tert-OH is 1. The molecule has 0 aromatic carbocycles. The Morgan fingerprint density at radius 3 is 2.25 bits per heavy atom. The summed E-state index contributed by atoms with van der Waals surface area (Å²) in [5, 5.41) is 13.0. The quantitative estimate of drug-likeness (QED) is 0.724. The lowest BCUT2D eigenvalue weighted by Crippen LogP contribution is -2.50. The van der Waals surface area contributed by atoms with Crippen LogP contribution in [0.25, 0.3) is 0 Å². The van der Waals surface area contributed by atoms with Gasteiger partial charge in [-0.1, -0.05) is 32.1 Å². The third kappa shape index (κ3) is 7.99. The lowest BCUT2D eigenvalue weighted by molar-refractivity contribution is -0.159. The molecule has 0 radical (unpaired) electrons. The maximum Gasteiger partial charge on any atom is 0.407 e. The Labute approximate surface area is 145 Å². The second-order valence-electron chi connectivity index (χ2n) is 7.92. The summed E-state index contributed by atoms with van der Waals surface area (Å²) in [5.41, 5.74) is -0.636. The Morgan fingerprint density at radius 1 is 1.17 bits per heavy atom. The molecule has 2 N–H and O–H groups in total. The second-order valence-corrected chi connectivity index (χ2v) is 7.92. The van der Waals surface area contributed by atoms with Crippen molar-refractivity contribution in [2.75, 3.05) is 0 Å². The number of ether oxygens (including phenoxy) is 2. The van der Waals surface area contributed by atoms with Crippen molar-refractivity contribution in [3.05, 3.63) is 0 Å². The molecule has 1 saturated carbocycles. The summed E-state index contributed by atoms with van der Waals surface area (Å²) >= 11 is 0. The van der Waals surface area contributed by atoms with Gasteiger partial charge in [0.2, 0.25) is 0 Å². The van der Waals surface area contributed by atoms with Gasteiger partial charge in [-0.25, -0.2) is 9.59 Å². The minimum atomic E-state index is -1.39. The fourth-order valence-corrected chi connectivity index (χ4v) is 2.97. The van der Waals surface area contributed by atoms with Gasteiger partial charge >= 0.3 is 12.1 Å². The van der Waals surface area contributed by atoms with Crippen LogP contribution in [0.15, 0.2) is 0 Å². The molecule has 1 aliphatic rings. The molecular weight excluding hydrogens is 310 g/mol. The van der Waals surface area contributed by atoms with Crippen LogP contribution in [0.5, 0.6) is 0 Å². The van der Waals surface area contributed by atoms with Crippen LogP contribution in [-0.4, -0.2) is 41.0 Å². The van der Waals surface area contributed by atoms with Gasteiger partial charge < -0.3 is 19.9 Å². The van der Waals surface area contributed by atoms with Crippen molar-refractivity contribution in [3.63, 3.8) is 0 Å². The number of rotatable bonds is 6. The van der Waals surface area contributed by atoms with Crippen molar-refractivity contribution in [1.29, 1.82) is 0 Å². The molecule has 1 fully saturated rings. The monoisotopic (exact) mass is 343 g/mol. The van der Waals surface area contributed by atoms with Gasteiger partial charge in [0.25, 0.3) is 0 Å². The van der Waals surface area contributed by atoms with E-state index in [2.05, 4.69) is 5.32 Å². The molecule has 0 unspecified atom stereocenters. The van der Waals surface area contributed by atoms with E-state index in [0.717, 1.165) is 25.7 Å². The van der Waals surface area contributed by atoms with Crippen LogP contribution >= 0.6 is 0 Å². The van der Waals surface area contributed by atoms with E-state index in [1.165, 1.54) is 6.42 Å². The van der Waals surface area contributed by atoms with Crippen molar-refractivity contribution in [2.45, 2.75) is 97.0 Å². The minimum Gasteiger partial charge on any atom is -0.461 e. The Kier molecular flexibility index (Phi) is 8.00. The third-order valence-corrected chi connectivity index (χ3v) is 3.99. The van der Waals surface area contributed by atoms with Crippen molar-refractivity contribution in [3.8, 4) is 0 Å². The average molecular weight is 343 g/mol. The van der Waals surface area contributed by atoms with Crippen molar-refractivity contribution < 1.29 is 24.2 Å². The molecule has 0 saturated heterocycles. The zero-order valence-electron chi connectivity index (χ0n) is 15.6. The van der Waals surface area contributed by atoms with E-state index < -0.39 is 29.8 Å². The molecule has 0 aromatic rings. The van der Waals surface area contributed by atoms with Crippen LogP contribution in [0.4, 0.5) is 4.79 Å². The second kappa shape index (κ2) is 9.25. The van der Waals surface area contributed by atoms with Gasteiger partial charge in [-0.15, -0.1) is 0 Å². The average Bonchev–Trinajstić information content (AvgIpc) is 2.44. The summed E-state index contributed by atoms with van der Waals surface area (Å²) in [6, 6.07) is -0.700. The van der Waals surface area contributed by atoms with E-state index in [0.29, 0.717) is 12.3 Å². The van der Waals surface area contributed by atoms with Crippen LogP contribution in [0, 0.1) is 5.92 Å². The van der Waals surface area contributed by atoms with Crippen molar-refractivity contribution in [2.24, 2.45) is 5.92 Å². The fourth-order valence-electron chi connectivity index (χ4n) is 2.97. The summed E-state index contributed by atoms with van der Waals surface area (Å²) in [6.45, 7) is 8.76.